The van der Waals surface area contributed by atoms with Gasteiger partial charge < -0.3 is 10.0 Å². The highest BCUT2D eigenvalue weighted by atomic mass is 16.3. The largest absolute Gasteiger partial charge is 0.387 e. The van der Waals surface area contributed by atoms with Crippen molar-refractivity contribution in [2.45, 2.75) is 58.0 Å². The molecule has 0 spiro atoms. The second kappa shape index (κ2) is 7.84. The van der Waals surface area contributed by atoms with Crippen LogP contribution in [0.15, 0.2) is 48.5 Å². The molecule has 1 atom stereocenters. The lowest BCUT2D eigenvalue weighted by molar-refractivity contribution is 0.183. The van der Waals surface area contributed by atoms with E-state index < -0.39 is 6.10 Å². The molecule has 1 N–H and O–H groups in total. The van der Waals surface area contributed by atoms with E-state index in [4.69, 9.17) is 0 Å². The first-order valence-electron chi connectivity index (χ1n) is 11.3. The van der Waals surface area contributed by atoms with Gasteiger partial charge in [0.2, 0.25) is 0 Å². The highest BCUT2D eigenvalue weighted by molar-refractivity contribution is 5.90. The number of para-hydroxylation sites is 1. The molecule has 3 aromatic rings. The van der Waals surface area contributed by atoms with E-state index in [1.807, 2.05) is 0 Å². The Hall–Kier alpha value is -2.32. The van der Waals surface area contributed by atoms with Crippen molar-refractivity contribution in [2.75, 3.05) is 18.0 Å². The summed E-state index contributed by atoms with van der Waals surface area (Å²) in [6.07, 6.45) is 7.91. The van der Waals surface area contributed by atoms with E-state index in [0.29, 0.717) is 6.54 Å². The summed E-state index contributed by atoms with van der Waals surface area (Å²) in [6, 6.07) is 17.8. The molecule has 1 aliphatic carbocycles. The van der Waals surface area contributed by atoms with Crippen LogP contribution in [0.1, 0.15) is 60.1 Å². The van der Waals surface area contributed by atoms with Crippen molar-refractivity contribution in [3.8, 4) is 0 Å². The maximum absolute atomic E-state index is 11.1. The van der Waals surface area contributed by atoms with Crippen LogP contribution in [0.3, 0.4) is 0 Å². The number of anilines is 1. The lowest BCUT2D eigenvalue weighted by atomic mass is 9.84. The number of β-amino-alcohol motifs (C(OH)–C–C–N with tert-alkyl or cyclic N) is 1. The van der Waals surface area contributed by atoms with Gasteiger partial charge in [0.1, 0.15) is 0 Å². The van der Waals surface area contributed by atoms with Crippen LogP contribution in [0.4, 0.5) is 5.69 Å². The number of fused-ring (bicyclic) bond motifs is 4. The molecule has 1 aliphatic heterocycles. The van der Waals surface area contributed by atoms with E-state index in [1.54, 1.807) is 11.1 Å². The summed E-state index contributed by atoms with van der Waals surface area (Å²) in [5.74, 6) is 0. The van der Waals surface area contributed by atoms with Gasteiger partial charge in [-0.2, -0.15) is 0 Å². The minimum absolute atomic E-state index is 0.466. The molecule has 29 heavy (non-hydrogen) atoms. The maximum Gasteiger partial charge on any atom is 0.0965 e. The van der Waals surface area contributed by atoms with E-state index in [2.05, 4.69) is 60.4 Å². The zero-order valence-electron chi connectivity index (χ0n) is 17.5. The minimum Gasteiger partial charge on any atom is -0.387 e. The van der Waals surface area contributed by atoms with Crippen molar-refractivity contribution < 1.29 is 5.11 Å². The Morgan fingerprint density at radius 2 is 1.72 bits per heavy atom. The SMILES string of the molecule is CCc1cc2c(c3ccc(C(O)CN4CCCc5ccccc54)cc13)CCCC2. The first-order valence-corrected chi connectivity index (χ1v) is 11.3. The molecule has 1 heterocycles. The first-order chi connectivity index (χ1) is 14.2. The monoisotopic (exact) mass is 385 g/mol. The number of aliphatic hydroxyl groups is 1. The standard InChI is InChI=1S/C27H31NO/c1-2-19-16-21-9-3-5-11-23(21)24-14-13-22(17-25(19)24)27(29)18-28-15-7-10-20-8-4-6-12-26(20)28/h4,6,8,12-14,16-17,27,29H,2-3,5,7,9-11,15,18H2,1H3. The van der Waals surface area contributed by atoms with Gasteiger partial charge in [-0.05, 0) is 95.7 Å². The molecule has 0 saturated carbocycles. The van der Waals surface area contributed by atoms with Gasteiger partial charge in [0.05, 0.1) is 6.10 Å². The van der Waals surface area contributed by atoms with Crippen molar-refractivity contribution in [1.29, 1.82) is 0 Å². The Kier molecular flexibility index (Phi) is 5.05. The van der Waals surface area contributed by atoms with Crippen LogP contribution in [0.25, 0.3) is 10.8 Å². The molecule has 0 radical (unpaired) electrons. The molecule has 0 aromatic heterocycles. The molecular formula is C27H31NO. The second-order valence-electron chi connectivity index (χ2n) is 8.73. The van der Waals surface area contributed by atoms with Gasteiger partial charge >= 0.3 is 0 Å². The number of rotatable bonds is 4. The third kappa shape index (κ3) is 3.44. The summed E-state index contributed by atoms with van der Waals surface area (Å²) in [6.45, 7) is 3.93. The molecule has 0 fully saturated rings. The van der Waals surface area contributed by atoms with Gasteiger partial charge in [-0.25, -0.2) is 0 Å². The molecule has 3 aromatic carbocycles. The molecular weight excluding hydrogens is 354 g/mol. The number of hydrogen-bond acceptors (Lipinski definition) is 2. The fraction of sp³-hybridized carbons (Fsp3) is 0.407. The zero-order valence-corrected chi connectivity index (χ0v) is 17.5. The smallest absolute Gasteiger partial charge is 0.0965 e. The van der Waals surface area contributed by atoms with E-state index in [9.17, 15) is 5.11 Å². The lowest BCUT2D eigenvalue weighted by Gasteiger charge is -2.33. The average Bonchev–Trinajstić information content (AvgIpc) is 2.78. The van der Waals surface area contributed by atoms with E-state index in [1.165, 1.54) is 53.3 Å². The number of nitrogens with zero attached hydrogens (tertiary/aromatic N) is 1. The van der Waals surface area contributed by atoms with Gasteiger partial charge in [-0.3, -0.25) is 0 Å². The molecule has 0 amide bonds. The zero-order chi connectivity index (χ0) is 19.8. The van der Waals surface area contributed by atoms with Gasteiger partial charge in [0.25, 0.3) is 0 Å². The Bertz CT molecular complexity index is 1040. The average molecular weight is 386 g/mol. The third-order valence-electron chi connectivity index (χ3n) is 6.94. The Morgan fingerprint density at radius 3 is 2.62 bits per heavy atom. The van der Waals surface area contributed by atoms with Crippen LogP contribution in [-0.4, -0.2) is 18.2 Å². The Balaban J connectivity index is 1.48. The normalized spacial score (nSPS) is 17.1. The van der Waals surface area contributed by atoms with Crippen molar-refractivity contribution in [2.24, 2.45) is 0 Å². The number of aryl methyl sites for hydroxylation is 4. The van der Waals surface area contributed by atoms with Gasteiger partial charge in [0, 0.05) is 18.8 Å². The summed E-state index contributed by atoms with van der Waals surface area (Å²) in [5, 5.41) is 13.9. The first kappa shape index (κ1) is 18.7. The van der Waals surface area contributed by atoms with Gasteiger partial charge in [-0.15, -0.1) is 0 Å². The summed E-state index contributed by atoms with van der Waals surface area (Å²) in [7, 11) is 0. The van der Waals surface area contributed by atoms with Crippen molar-refractivity contribution >= 4 is 16.5 Å². The highest BCUT2D eigenvalue weighted by Crippen LogP contribution is 2.34. The Labute approximate surface area is 174 Å². The molecule has 0 bridgehead atoms. The topological polar surface area (TPSA) is 23.5 Å². The second-order valence-corrected chi connectivity index (χ2v) is 8.73. The maximum atomic E-state index is 11.1. The summed E-state index contributed by atoms with van der Waals surface area (Å²) >= 11 is 0. The van der Waals surface area contributed by atoms with Crippen molar-refractivity contribution in [3.05, 3.63) is 76.3 Å². The molecule has 2 nitrogen and oxygen atoms in total. The van der Waals surface area contributed by atoms with Crippen LogP contribution in [-0.2, 0) is 25.7 Å². The molecule has 2 heteroatoms. The third-order valence-corrected chi connectivity index (χ3v) is 6.94. The van der Waals surface area contributed by atoms with Crippen LogP contribution in [0.2, 0.25) is 0 Å². The van der Waals surface area contributed by atoms with Crippen molar-refractivity contribution in [3.63, 3.8) is 0 Å². The number of aliphatic hydroxyl groups excluding tert-OH is 1. The molecule has 5 rings (SSSR count). The van der Waals surface area contributed by atoms with E-state index in [0.717, 1.165) is 31.4 Å². The summed E-state index contributed by atoms with van der Waals surface area (Å²) < 4.78 is 0. The van der Waals surface area contributed by atoms with Crippen LogP contribution < -0.4 is 4.90 Å². The summed E-state index contributed by atoms with van der Waals surface area (Å²) in [4.78, 5) is 2.36. The van der Waals surface area contributed by atoms with Gasteiger partial charge in [0.15, 0.2) is 0 Å². The lowest BCUT2D eigenvalue weighted by Crippen LogP contribution is -2.33. The fourth-order valence-corrected chi connectivity index (χ4v) is 5.39. The quantitative estimate of drug-likeness (QED) is 0.616. The Morgan fingerprint density at radius 1 is 0.897 bits per heavy atom. The van der Waals surface area contributed by atoms with Crippen LogP contribution in [0, 0.1) is 0 Å². The highest BCUT2D eigenvalue weighted by Gasteiger charge is 2.21. The predicted molar refractivity (Wildman–Crippen MR) is 122 cm³/mol. The predicted octanol–water partition coefficient (Wildman–Crippen LogP) is 5.77. The van der Waals surface area contributed by atoms with Crippen LogP contribution >= 0.6 is 0 Å². The minimum atomic E-state index is -0.466. The summed E-state index contributed by atoms with van der Waals surface area (Å²) in [5.41, 5.74) is 8.28. The van der Waals surface area contributed by atoms with Gasteiger partial charge in [-0.1, -0.05) is 43.3 Å². The van der Waals surface area contributed by atoms with E-state index >= 15 is 0 Å². The molecule has 0 saturated heterocycles. The van der Waals surface area contributed by atoms with E-state index in [-0.39, 0.29) is 0 Å². The van der Waals surface area contributed by atoms with Crippen molar-refractivity contribution in [1.82, 2.24) is 0 Å². The molecule has 2 aliphatic rings. The van der Waals surface area contributed by atoms with Crippen LogP contribution in [0.5, 0.6) is 0 Å². The fourth-order valence-electron chi connectivity index (χ4n) is 5.39. The number of hydrogen-bond donors (Lipinski definition) is 1. The number of benzene rings is 3. The molecule has 1 unspecified atom stereocenters. The molecule has 150 valence electrons.